The quantitative estimate of drug-likeness (QED) is 0.447. The first-order valence-electron chi connectivity index (χ1n) is 12.1. The minimum atomic E-state index is -0.548. The van der Waals surface area contributed by atoms with Crippen LogP contribution in [-0.4, -0.2) is 71.3 Å². The Morgan fingerprint density at radius 1 is 1.31 bits per heavy atom. The summed E-state index contributed by atoms with van der Waals surface area (Å²) < 4.78 is 19.2. The number of anilines is 1. The van der Waals surface area contributed by atoms with E-state index in [1.165, 1.54) is 14.2 Å². The minimum Gasteiger partial charge on any atom is -0.449 e. The van der Waals surface area contributed by atoms with Crippen LogP contribution in [0, 0.1) is 6.92 Å². The van der Waals surface area contributed by atoms with Gasteiger partial charge >= 0.3 is 12.0 Å². The molecule has 0 aromatic carbocycles. The molecule has 0 saturated carbocycles. The summed E-state index contributed by atoms with van der Waals surface area (Å²) in [4.78, 5) is 38.3. The van der Waals surface area contributed by atoms with Crippen molar-refractivity contribution in [3.63, 3.8) is 0 Å². The highest BCUT2D eigenvalue weighted by molar-refractivity contribution is 6.11. The van der Waals surface area contributed by atoms with Crippen molar-refractivity contribution in [2.45, 2.75) is 52.2 Å². The van der Waals surface area contributed by atoms with Gasteiger partial charge in [0.25, 0.3) is 0 Å². The second kappa shape index (κ2) is 10.7. The number of pyridine rings is 1. The van der Waals surface area contributed by atoms with E-state index in [2.05, 4.69) is 10.1 Å². The maximum atomic E-state index is 13.5. The maximum absolute atomic E-state index is 13.5. The number of amides is 2. The van der Waals surface area contributed by atoms with Crippen LogP contribution < -0.4 is 4.90 Å². The van der Waals surface area contributed by atoms with Gasteiger partial charge in [0.05, 0.1) is 37.4 Å². The molecule has 11 nitrogen and oxygen atoms in total. The monoisotopic (exact) mass is 499 g/mol. The molecule has 2 unspecified atom stereocenters. The van der Waals surface area contributed by atoms with E-state index in [1.807, 2.05) is 26.2 Å². The number of carbonyl (C=O) groups is 2. The normalized spacial score (nSPS) is 17.8. The molecule has 0 radical (unpaired) electrons. The average Bonchev–Trinajstić information content (AvgIpc) is 3.48. The third kappa shape index (κ3) is 4.80. The molecule has 4 heterocycles. The lowest BCUT2D eigenvalue weighted by Gasteiger charge is -2.36. The van der Waals surface area contributed by atoms with Crippen molar-refractivity contribution in [3.05, 3.63) is 29.9 Å². The Kier molecular flexibility index (Phi) is 7.60. The lowest BCUT2D eigenvalue weighted by molar-refractivity contribution is -0.0772. The number of ether oxygens (including phenoxy) is 2. The number of aromatic nitrogens is 3. The number of nitrogens with zero attached hydrogens (tertiary/aromatic N) is 5. The number of hydroxylamine groups is 2. The van der Waals surface area contributed by atoms with E-state index in [0.717, 1.165) is 17.0 Å². The third-order valence-electron chi connectivity index (χ3n) is 6.44. The molecule has 0 aliphatic carbocycles. The number of rotatable bonds is 7. The van der Waals surface area contributed by atoms with Crippen molar-refractivity contribution >= 4 is 28.7 Å². The van der Waals surface area contributed by atoms with Crippen LogP contribution in [0.25, 0.3) is 22.2 Å². The van der Waals surface area contributed by atoms with E-state index in [9.17, 15) is 9.59 Å². The predicted octanol–water partition coefficient (Wildman–Crippen LogP) is 4.09. The highest BCUT2D eigenvalue weighted by Crippen LogP contribution is 2.41. The van der Waals surface area contributed by atoms with Gasteiger partial charge in [0.15, 0.2) is 5.58 Å². The molecule has 1 fully saturated rings. The Balaban J connectivity index is 1.98. The number of furan rings is 1. The summed E-state index contributed by atoms with van der Waals surface area (Å²) in [5, 5.41) is 5.90. The zero-order valence-corrected chi connectivity index (χ0v) is 21.6. The second-order valence-electron chi connectivity index (χ2n) is 8.79. The summed E-state index contributed by atoms with van der Waals surface area (Å²) in [5.41, 5.74) is 2.79. The van der Waals surface area contributed by atoms with Crippen LogP contribution in [0.4, 0.5) is 10.5 Å². The standard InChI is InChI=1S/C25H33N5O6/c1-7-18-11-17(9-10-35-18)30(25(32)34-8-2)21-19-12-20(16-13-26-28(4)14-16)27-15(3)22(19)36-23(21)24(31)29(5)33-6/h12-14,17-18H,7-11H2,1-6H3. The van der Waals surface area contributed by atoms with Crippen molar-refractivity contribution < 1.29 is 28.3 Å². The zero-order valence-electron chi connectivity index (χ0n) is 21.6. The fourth-order valence-electron chi connectivity index (χ4n) is 4.54. The maximum Gasteiger partial charge on any atom is 0.414 e. The Morgan fingerprint density at radius 3 is 2.72 bits per heavy atom. The third-order valence-corrected chi connectivity index (χ3v) is 6.44. The van der Waals surface area contributed by atoms with Gasteiger partial charge < -0.3 is 13.9 Å². The summed E-state index contributed by atoms with van der Waals surface area (Å²) in [7, 11) is 4.70. The van der Waals surface area contributed by atoms with Gasteiger partial charge in [-0.15, -0.1) is 0 Å². The number of aryl methyl sites for hydroxylation is 2. The average molecular weight is 500 g/mol. The van der Waals surface area contributed by atoms with Gasteiger partial charge in [0.1, 0.15) is 5.69 Å². The number of hydrogen-bond acceptors (Lipinski definition) is 8. The lowest BCUT2D eigenvalue weighted by atomic mass is 9.99. The summed E-state index contributed by atoms with van der Waals surface area (Å²) in [5.74, 6) is -0.547. The van der Waals surface area contributed by atoms with Crippen molar-refractivity contribution in [3.8, 4) is 11.3 Å². The molecule has 4 rings (SSSR count). The molecule has 0 spiro atoms. The van der Waals surface area contributed by atoms with Gasteiger partial charge in [-0.1, -0.05) is 6.92 Å². The van der Waals surface area contributed by atoms with Gasteiger partial charge in [0, 0.05) is 43.9 Å². The van der Waals surface area contributed by atoms with E-state index in [0.29, 0.717) is 47.5 Å². The number of carbonyl (C=O) groups excluding carboxylic acids is 2. The van der Waals surface area contributed by atoms with E-state index in [-0.39, 0.29) is 24.5 Å². The minimum absolute atomic E-state index is 0.00556. The summed E-state index contributed by atoms with van der Waals surface area (Å²) in [6.07, 6.45) is 5.02. The lowest BCUT2D eigenvalue weighted by Crippen LogP contribution is -2.46. The molecule has 194 valence electrons. The molecule has 2 amide bonds. The van der Waals surface area contributed by atoms with Crippen molar-refractivity contribution in [1.29, 1.82) is 0 Å². The predicted molar refractivity (Wildman–Crippen MR) is 133 cm³/mol. The molecule has 1 aliphatic heterocycles. The topological polar surface area (TPSA) is 112 Å². The fourth-order valence-corrected chi connectivity index (χ4v) is 4.54. The molecule has 0 bridgehead atoms. The van der Waals surface area contributed by atoms with Crippen LogP contribution in [0.15, 0.2) is 22.9 Å². The Morgan fingerprint density at radius 2 is 2.08 bits per heavy atom. The van der Waals surface area contributed by atoms with E-state index >= 15 is 0 Å². The molecular formula is C25H33N5O6. The molecule has 3 aromatic rings. The van der Waals surface area contributed by atoms with E-state index in [1.54, 1.807) is 29.6 Å². The number of fused-ring (bicyclic) bond motifs is 1. The first kappa shape index (κ1) is 25.6. The molecule has 0 N–H and O–H groups in total. The largest absolute Gasteiger partial charge is 0.449 e. The van der Waals surface area contributed by atoms with Crippen LogP contribution in [0.3, 0.4) is 0 Å². The Hall–Kier alpha value is -3.44. The molecule has 11 heteroatoms. The van der Waals surface area contributed by atoms with Crippen molar-refractivity contribution in [2.24, 2.45) is 7.05 Å². The van der Waals surface area contributed by atoms with Gasteiger partial charge in [-0.05, 0) is 39.2 Å². The van der Waals surface area contributed by atoms with Crippen molar-refractivity contribution in [1.82, 2.24) is 19.8 Å². The highest BCUT2D eigenvalue weighted by atomic mass is 16.7. The highest BCUT2D eigenvalue weighted by Gasteiger charge is 2.38. The molecule has 36 heavy (non-hydrogen) atoms. The van der Waals surface area contributed by atoms with Crippen LogP contribution in [0.2, 0.25) is 0 Å². The summed E-state index contributed by atoms with van der Waals surface area (Å²) in [6, 6.07) is 1.57. The Bertz CT molecular complexity index is 1250. The smallest absolute Gasteiger partial charge is 0.414 e. The fraction of sp³-hybridized carbons (Fsp3) is 0.520. The van der Waals surface area contributed by atoms with Crippen LogP contribution >= 0.6 is 0 Å². The zero-order chi connectivity index (χ0) is 26.0. The molecule has 1 saturated heterocycles. The first-order valence-corrected chi connectivity index (χ1v) is 12.1. The van der Waals surface area contributed by atoms with Crippen LogP contribution in [0.1, 0.15) is 49.4 Å². The van der Waals surface area contributed by atoms with Gasteiger partial charge in [-0.25, -0.2) is 14.8 Å². The van der Waals surface area contributed by atoms with Crippen molar-refractivity contribution in [2.75, 3.05) is 32.3 Å². The summed E-state index contributed by atoms with van der Waals surface area (Å²) in [6.45, 7) is 6.29. The van der Waals surface area contributed by atoms with E-state index < -0.39 is 12.0 Å². The second-order valence-corrected chi connectivity index (χ2v) is 8.79. The molecule has 1 aliphatic rings. The Labute approximate surface area is 209 Å². The van der Waals surface area contributed by atoms with Gasteiger partial charge in [0.2, 0.25) is 5.76 Å². The van der Waals surface area contributed by atoms with Crippen LogP contribution in [-0.2, 0) is 21.4 Å². The summed E-state index contributed by atoms with van der Waals surface area (Å²) >= 11 is 0. The number of hydrogen-bond donors (Lipinski definition) is 0. The first-order chi connectivity index (χ1) is 17.3. The van der Waals surface area contributed by atoms with E-state index in [4.69, 9.17) is 18.7 Å². The molecule has 3 aromatic heterocycles. The van der Waals surface area contributed by atoms with Gasteiger partial charge in [-0.2, -0.15) is 5.10 Å². The van der Waals surface area contributed by atoms with Gasteiger partial charge in [-0.3, -0.25) is 19.2 Å². The molecule has 2 atom stereocenters. The SMILES string of the molecule is CCOC(=O)N(c1c(C(=O)N(C)OC)oc2c(C)nc(-c3cnn(C)c3)cc12)C1CCOC(CC)C1. The van der Waals surface area contributed by atoms with Crippen LogP contribution in [0.5, 0.6) is 0 Å². The molecular weight excluding hydrogens is 466 g/mol.